The van der Waals surface area contributed by atoms with Crippen molar-refractivity contribution >= 4 is 28.3 Å². The number of halogens is 2. The van der Waals surface area contributed by atoms with Crippen LogP contribution in [0.4, 0.5) is 20.2 Å². The normalized spacial score (nSPS) is 16.7. The second-order valence-corrected chi connectivity index (χ2v) is 7.68. The van der Waals surface area contributed by atoms with Gasteiger partial charge in [-0.05, 0) is 56.9 Å². The molecule has 1 amide bonds. The topological polar surface area (TPSA) is 58.1 Å². The van der Waals surface area contributed by atoms with Gasteiger partial charge in [-0.1, -0.05) is 6.92 Å². The van der Waals surface area contributed by atoms with Gasteiger partial charge in [-0.25, -0.2) is 18.7 Å². The number of hydrogen-bond acceptors (Lipinski definition) is 4. The molecule has 3 aromatic rings. The summed E-state index contributed by atoms with van der Waals surface area (Å²) in [6.07, 6.45) is 5.41. The highest BCUT2D eigenvalue weighted by molar-refractivity contribution is 6.07. The van der Waals surface area contributed by atoms with E-state index in [2.05, 4.69) is 22.2 Å². The zero-order valence-corrected chi connectivity index (χ0v) is 17.1. The molecule has 1 N–H and O–H groups in total. The number of piperidine rings is 1. The van der Waals surface area contributed by atoms with E-state index in [1.54, 1.807) is 0 Å². The number of amides is 1. The number of pyridine rings is 2. The molecule has 1 atom stereocenters. The first-order valence-electron chi connectivity index (χ1n) is 10.3. The van der Waals surface area contributed by atoms with Crippen molar-refractivity contribution in [2.45, 2.75) is 45.6 Å². The molecule has 1 saturated heterocycles. The Morgan fingerprint density at radius 2 is 2.07 bits per heavy atom. The van der Waals surface area contributed by atoms with Crippen molar-refractivity contribution in [2.24, 2.45) is 0 Å². The van der Waals surface area contributed by atoms with E-state index in [0.29, 0.717) is 28.8 Å². The number of aromatic nitrogens is 2. The van der Waals surface area contributed by atoms with Gasteiger partial charge >= 0.3 is 0 Å². The summed E-state index contributed by atoms with van der Waals surface area (Å²) in [4.78, 5) is 24.2. The fourth-order valence-electron chi connectivity index (χ4n) is 4.04. The van der Waals surface area contributed by atoms with Crippen molar-refractivity contribution in [2.75, 3.05) is 11.9 Å². The van der Waals surface area contributed by atoms with Gasteiger partial charge in [0, 0.05) is 35.9 Å². The quantitative estimate of drug-likeness (QED) is 0.629. The van der Waals surface area contributed by atoms with Gasteiger partial charge in [-0.2, -0.15) is 0 Å². The molecular formula is C23H24F2N4O. The van der Waals surface area contributed by atoms with Crippen LogP contribution >= 0.6 is 0 Å². The Kier molecular flexibility index (Phi) is 5.61. The van der Waals surface area contributed by atoms with Gasteiger partial charge in [0.15, 0.2) is 5.65 Å². The fraction of sp³-hybridized carbons (Fsp3) is 0.348. The van der Waals surface area contributed by atoms with E-state index in [1.165, 1.54) is 18.3 Å². The zero-order valence-electron chi connectivity index (χ0n) is 17.1. The number of carbonyl (C=O) groups is 1. The third kappa shape index (κ3) is 3.84. The minimum Gasteiger partial charge on any atom is -0.352 e. The molecule has 0 aliphatic carbocycles. The van der Waals surface area contributed by atoms with Gasteiger partial charge in [0.1, 0.15) is 11.6 Å². The highest BCUT2D eigenvalue weighted by Crippen LogP contribution is 2.32. The largest absolute Gasteiger partial charge is 0.352 e. The minimum absolute atomic E-state index is 0.0872. The molecule has 1 aromatic carbocycles. The molecule has 4 rings (SSSR count). The molecule has 0 bridgehead atoms. The van der Waals surface area contributed by atoms with Crippen molar-refractivity contribution < 1.29 is 13.6 Å². The van der Waals surface area contributed by atoms with E-state index in [9.17, 15) is 13.6 Å². The average Bonchev–Trinajstić information content (AvgIpc) is 2.75. The lowest BCUT2D eigenvalue weighted by Crippen LogP contribution is -2.43. The number of nitrogens with one attached hydrogen (secondary N) is 1. The molecule has 156 valence electrons. The number of likely N-dealkylation sites (tertiary alicyclic amines) is 1. The molecule has 30 heavy (non-hydrogen) atoms. The van der Waals surface area contributed by atoms with Crippen LogP contribution in [0, 0.1) is 18.6 Å². The molecule has 7 heteroatoms. The van der Waals surface area contributed by atoms with Gasteiger partial charge in [-0.15, -0.1) is 0 Å². The molecule has 0 unspecified atom stereocenters. The van der Waals surface area contributed by atoms with Crippen LogP contribution in [0.3, 0.4) is 0 Å². The number of nitrogens with zero attached hydrogens (tertiary/aromatic N) is 3. The first-order chi connectivity index (χ1) is 14.5. The van der Waals surface area contributed by atoms with E-state index >= 15 is 0 Å². The lowest BCUT2D eigenvalue weighted by Gasteiger charge is -2.35. The van der Waals surface area contributed by atoms with Crippen LogP contribution in [-0.4, -0.2) is 33.4 Å². The lowest BCUT2D eigenvalue weighted by atomic mass is 9.98. The zero-order chi connectivity index (χ0) is 21.3. The van der Waals surface area contributed by atoms with Crippen molar-refractivity contribution in [3.05, 3.63) is 59.4 Å². The SMILES string of the molecule is CC[C@@H]1CCCCN1C(=O)c1cnc2nc(C)ccc2c1Nc1ccc(F)cc1F. The van der Waals surface area contributed by atoms with Gasteiger partial charge in [0.2, 0.25) is 0 Å². The summed E-state index contributed by atoms with van der Waals surface area (Å²) in [5, 5.41) is 3.63. The van der Waals surface area contributed by atoms with Gasteiger partial charge in [-0.3, -0.25) is 4.79 Å². The Bertz CT molecular complexity index is 1100. The highest BCUT2D eigenvalue weighted by Gasteiger charge is 2.29. The Morgan fingerprint density at radius 1 is 1.23 bits per heavy atom. The van der Waals surface area contributed by atoms with Crippen molar-refractivity contribution in [1.29, 1.82) is 0 Å². The minimum atomic E-state index is -0.733. The standard InChI is InChI=1S/C23H24F2N4O/c1-3-16-6-4-5-11-29(16)23(30)18-13-26-22-17(9-7-14(2)27-22)21(18)28-20-10-8-15(24)12-19(20)25/h7-10,12-13,16H,3-6,11H2,1-2H3,(H,26,27,28)/t16-/m1/s1. The van der Waals surface area contributed by atoms with Gasteiger partial charge in [0.05, 0.1) is 16.9 Å². The summed E-state index contributed by atoms with van der Waals surface area (Å²) < 4.78 is 27.7. The number of carbonyl (C=O) groups excluding carboxylic acids is 1. The van der Waals surface area contributed by atoms with Crippen molar-refractivity contribution in [3.63, 3.8) is 0 Å². The molecule has 1 aliphatic heterocycles. The number of rotatable bonds is 4. The van der Waals surface area contributed by atoms with Gasteiger partial charge in [0.25, 0.3) is 5.91 Å². The summed E-state index contributed by atoms with van der Waals surface area (Å²) in [7, 11) is 0. The van der Waals surface area contributed by atoms with Crippen LogP contribution in [0.5, 0.6) is 0 Å². The number of hydrogen-bond donors (Lipinski definition) is 1. The van der Waals surface area contributed by atoms with Crippen LogP contribution < -0.4 is 5.32 Å². The predicted molar refractivity (Wildman–Crippen MR) is 113 cm³/mol. The fourth-order valence-corrected chi connectivity index (χ4v) is 4.04. The van der Waals surface area contributed by atoms with Crippen LogP contribution in [-0.2, 0) is 0 Å². The van der Waals surface area contributed by atoms with Crippen molar-refractivity contribution in [3.8, 4) is 0 Å². The maximum Gasteiger partial charge on any atom is 0.257 e. The number of benzene rings is 1. The van der Waals surface area contributed by atoms with E-state index < -0.39 is 11.6 Å². The number of anilines is 2. The lowest BCUT2D eigenvalue weighted by molar-refractivity contribution is 0.0609. The Labute approximate surface area is 174 Å². The summed E-state index contributed by atoms with van der Waals surface area (Å²) in [6, 6.07) is 7.12. The predicted octanol–water partition coefficient (Wildman–Crippen LogP) is 5.36. The summed E-state index contributed by atoms with van der Waals surface area (Å²) in [5.74, 6) is -1.53. The molecule has 2 aromatic heterocycles. The Balaban J connectivity index is 1.83. The van der Waals surface area contributed by atoms with E-state index in [4.69, 9.17) is 0 Å². The van der Waals surface area contributed by atoms with Crippen LogP contribution in [0.1, 0.15) is 48.7 Å². The average molecular weight is 410 g/mol. The molecular weight excluding hydrogens is 386 g/mol. The molecule has 1 fully saturated rings. The molecule has 0 saturated carbocycles. The monoisotopic (exact) mass is 410 g/mol. The van der Waals surface area contributed by atoms with E-state index in [0.717, 1.165) is 37.4 Å². The van der Waals surface area contributed by atoms with Crippen LogP contribution in [0.2, 0.25) is 0 Å². The molecule has 1 aliphatic rings. The maximum absolute atomic E-state index is 14.4. The van der Waals surface area contributed by atoms with Crippen LogP contribution in [0.15, 0.2) is 36.5 Å². The summed E-state index contributed by atoms with van der Waals surface area (Å²) in [6.45, 7) is 4.62. The molecule has 3 heterocycles. The summed E-state index contributed by atoms with van der Waals surface area (Å²) in [5.41, 5.74) is 2.13. The molecule has 0 radical (unpaired) electrons. The number of aryl methyl sites for hydroxylation is 1. The van der Waals surface area contributed by atoms with Crippen molar-refractivity contribution in [1.82, 2.24) is 14.9 Å². The maximum atomic E-state index is 14.4. The third-order valence-electron chi connectivity index (χ3n) is 5.65. The second-order valence-electron chi connectivity index (χ2n) is 7.68. The summed E-state index contributed by atoms with van der Waals surface area (Å²) >= 11 is 0. The van der Waals surface area contributed by atoms with E-state index in [-0.39, 0.29) is 17.6 Å². The Hall–Kier alpha value is -3.09. The molecule has 0 spiro atoms. The highest BCUT2D eigenvalue weighted by atomic mass is 19.1. The second kappa shape index (κ2) is 8.34. The first-order valence-corrected chi connectivity index (χ1v) is 10.3. The molecule has 5 nitrogen and oxygen atoms in total. The third-order valence-corrected chi connectivity index (χ3v) is 5.65. The smallest absolute Gasteiger partial charge is 0.257 e. The first kappa shape index (κ1) is 20.2. The van der Waals surface area contributed by atoms with Gasteiger partial charge < -0.3 is 10.2 Å². The Morgan fingerprint density at radius 3 is 2.83 bits per heavy atom. The van der Waals surface area contributed by atoms with Crippen LogP contribution in [0.25, 0.3) is 11.0 Å². The number of fused-ring (bicyclic) bond motifs is 1. The van der Waals surface area contributed by atoms with E-state index in [1.807, 2.05) is 24.0 Å².